The van der Waals surface area contributed by atoms with Gasteiger partial charge in [-0.05, 0) is 23.6 Å². The lowest BCUT2D eigenvalue weighted by atomic mass is 10.0. The van der Waals surface area contributed by atoms with Crippen LogP contribution in [0.4, 0.5) is 4.39 Å². The summed E-state index contributed by atoms with van der Waals surface area (Å²) in [5.74, 6) is -0.414. The molecule has 0 heterocycles. The molecular formula is C15H20FNO3S. The van der Waals surface area contributed by atoms with Crippen LogP contribution in [0.25, 0.3) is 0 Å². The monoisotopic (exact) mass is 313 g/mol. The molecule has 0 unspecified atom stereocenters. The van der Waals surface area contributed by atoms with E-state index in [2.05, 4.69) is 5.32 Å². The van der Waals surface area contributed by atoms with Gasteiger partial charge in [0.2, 0.25) is 5.91 Å². The number of halogens is 1. The number of carboxylic acids is 1. The molecule has 1 atom stereocenters. The summed E-state index contributed by atoms with van der Waals surface area (Å²) in [7, 11) is 0. The number of nitrogens with one attached hydrogen (secondary N) is 1. The molecule has 4 nitrogen and oxygen atoms in total. The topological polar surface area (TPSA) is 66.4 Å². The molecule has 1 aromatic rings. The lowest BCUT2D eigenvalue weighted by molar-refractivity contribution is -0.143. The number of carbonyl (C=O) groups is 2. The molecule has 0 aliphatic heterocycles. The summed E-state index contributed by atoms with van der Waals surface area (Å²) in [6, 6.07) is 5.38. The molecule has 1 aromatic carbocycles. The molecule has 21 heavy (non-hydrogen) atoms. The van der Waals surface area contributed by atoms with Crippen LogP contribution in [-0.4, -0.2) is 28.8 Å². The number of hydrogen-bond acceptors (Lipinski definition) is 3. The number of carbonyl (C=O) groups excluding carboxylic acids is 1. The third-order valence-electron chi connectivity index (χ3n) is 2.90. The first-order valence-electron chi connectivity index (χ1n) is 6.74. The van der Waals surface area contributed by atoms with Crippen LogP contribution in [0.1, 0.15) is 25.8 Å². The molecular weight excluding hydrogens is 293 g/mol. The van der Waals surface area contributed by atoms with Gasteiger partial charge in [0.25, 0.3) is 0 Å². The fraction of sp³-hybridized carbons (Fsp3) is 0.467. The summed E-state index contributed by atoms with van der Waals surface area (Å²) in [5, 5.41) is 11.5. The maximum Gasteiger partial charge on any atom is 0.326 e. The van der Waals surface area contributed by atoms with E-state index in [0.29, 0.717) is 11.5 Å². The first kappa shape index (κ1) is 17.5. The minimum absolute atomic E-state index is 0.154. The van der Waals surface area contributed by atoms with Gasteiger partial charge in [-0.3, -0.25) is 4.79 Å². The van der Waals surface area contributed by atoms with Crippen LogP contribution in [0.5, 0.6) is 0 Å². The van der Waals surface area contributed by atoms with Crippen molar-refractivity contribution >= 4 is 23.6 Å². The Morgan fingerprint density at radius 3 is 2.43 bits per heavy atom. The highest BCUT2D eigenvalue weighted by molar-refractivity contribution is 7.98. The van der Waals surface area contributed by atoms with Crippen molar-refractivity contribution in [2.75, 3.05) is 5.75 Å². The number of thioether (sulfide) groups is 1. The maximum atomic E-state index is 12.7. The number of amides is 1. The molecule has 116 valence electrons. The van der Waals surface area contributed by atoms with Crippen molar-refractivity contribution in [1.82, 2.24) is 5.32 Å². The Balaban J connectivity index is 2.27. The van der Waals surface area contributed by atoms with E-state index in [1.54, 1.807) is 37.7 Å². The fourth-order valence-electron chi connectivity index (χ4n) is 1.69. The van der Waals surface area contributed by atoms with E-state index in [1.165, 1.54) is 12.1 Å². The molecule has 1 rings (SSSR count). The Bertz CT molecular complexity index is 476. The van der Waals surface area contributed by atoms with Gasteiger partial charge in [0.15, 0.2) is 0 Å². The van der Waals surface area contributed by atoms with E-state index >= 15 is 0 Å². The molecule has 0 saturated heterocycles. The van der Waals surface area contributed by atoms with Crippen molar-refractivity contribution in [2.45, 2.75) is 32.1 Å². The van der Waals surface area contributed by atoms with Crippen molar-refractivity contribution in [3.8, 4) is 0 Å². The quantitative estimate of drug-likeness (QED) is 0.724. The first-order chi connectivity index (χ1) is 9.90. The molecule has 0 bridgehead atoms. The SMILES string of the molecule is CC(C)[C@H](NC(=O)CCSCc1ccc(F)cc1)C(=O)O. The van der Waals surface area contributed by atoms with Gasteiger partial charge in [-0.25, -0.2) is 9.18 Å². The first-order valence-corrected chi connectivity index (χ1v) is 7.90. The summed E-state index contributed by atoms with van der Waals surface area (Å²) >= 11 is 1.55. The Morgan fingerprint density at radius 1 is 1.29 bits per heavy atom. The highest BCUT2D eigenvalue weighted by Gasteiger charge is 2.22. The lowest BCUT2D eigenvalue weighted by Crippen LogP contribution is -2.44. The molecule has 1 amide bonds. The third kappa shape index (κ3) is 6.62. The van der Waals surface area contributed by atoms with Crippen molar-refractivity contribution < 1.29 is 19.1 Å². The molecule has 0 aliphatic carbocycles. The van der Waals surface area contributed by atoms with E-state index < -0.39 is 12.0 Å². The van der Waals surface area contributed by atoms with Crippen LogP contribution in [-0.2, 0) is 15.3 Å². The van der Waals surface area contributed by atoms with Crippen LogP contribution in [0.15, 0.2) is 24.3 Å². The van der Waals surface area contributed by atoms with E-state index in [1.807, 2.05) is 0 Å². The van der Waals surface area contributed by atoms with Crippen LogP contribution in [0, 0.1) is 11.7 Å². The van der Waals surface area contributed by atoms with Gasteiger partial charge in [0.1, 0.15) is 11.9 Å². The molecule has 6 heteroatoms. The average molecular weight is 313 g/mol. The normalized spacial score (nSPS) is 12.2. The van der Waals surface area contributed by atoms with Crippen LogP contribution in [0.3, 0.4) is 0 Å². The second-order valence-corrected chi connectivity index (χ2v) is 6.16. The summed E-state index contributed by atoms with van der Waals surface area (Å²) < 4.78 is 12.7. The third-order valence-corrected chi connectivity index (χ3v) is 3.93. The fourth-order valence-corrected chi connectivity index (χ4v) is 2.60. The minimum Gasteiger partial charge on any atom is -0.480 e. The zero-order valence-corrected chi connectivity index (χ0v) is 13.0. The smallest absolute Gasteiger partial charge is 0.326 e. The Labute approximate surface area is 128 Å². The molecule has 0 radical (unpaired) electrons. The van der Waals surface area contributed by atoms with E-state index in [4.69, 9.17) is 5.11 Å². The standard InChI is InChI=1S/C15H20FNO3S/c1-10(2)14(15(19)20)17-13(18)7-8-21-9-11-3-5-12(16)6-4-11/h3-6,10,14H,7-9H2,1-2H3,(H,17,18)(H,19,20)/t14-/m0/s1. The van der Waals surface area contributed by atoms with Gasteiger partial charge in [-0.2, -0.15) is 11.8 Å². The van der Waals surface area contributed by atoms with Crippen LogP contribution >= 0.6 is 11.8 Å². The van der Waals surface area contributed by atoms with E-state index in [-0.39, 0.29) is 24.1 Å². The number of benzene rings is 1. The largest absolute Gasteiger partial charge is 0.480 e. The minimum atomic E-state index is -1.02. The number of carboxylic acid groups (broad SMARTS) is 1. The number of hydrogen-bond donors (Lipinski definition) is 2. The zero-order valence-electron chi connectivity index (χ0n) is 12.1. The van der Waals surface area contributed by atoms with Crippen molar-refractivity contribution in [3.05, 3.63) is 35.6 Å². The Hall–Kier alpha value is -1.56. The Kier molecular flexibility index (Phi) is 7.22. The highest BCUT2D eigenvalue weighted by atomic mass is 32.2. The molecule has 2 N–H and O–H groups in total. The second-order valence-electron chi connectivity index (χ2n) is 5.06. The molecule has 0 fully saturated rings. The summed E-state index contributed by atoms with van der Waals surface area (Å²) in [4.78, 5) is 22.6. The van der Waals surface area contributed by atoms with Crippen molar-refractivity contribution in [3.63, 3.8) is 0 Å². The molecule has 0 saturated carbocycles. The number of aliphatic carboxylic acids is 1. The van der Waals surface area contributed by atoms with Crippen LogP contribution < -0.4 is 5.32 Å². The Morgan fingerprint density at radius 2 is 1.90 bits per heavy atom. The van der Waals surface area contributed by atoms with E-state index in [0.717, 1.165) is 5.56 Å². The predicted molar refractivity (Wildman–Crippen MR) is 81.6 cm³/mol. The van der Waals surface area contributed by atoms with Gasteiger partial charge in [0.05, 0.1) is 0 Å². The van der Waals surface area contributed by atoms with Crippen molar-refractivity contribution in [2.24, 2.45) is 5.92 Å². The zero-order chi connectivity index (χ0) is 15.8. The van der Waals surface area contributed by atoms with E-state index in [9.17, 15) is 14.0 Å². The summed E-state index contributed by atoms with van der Waals surface area (Å²) in [5.41, 5.74) is 0.993. The molecule has 0 aromatic heterocycles. The van der Waals surface area contributed by atoms with Gasteiger partial charge in [-0.1, -0.05) is 26.0 Å². The number of rotatable bonds is 8. The van der Waals surface area contributed by atoms with Gasteiger partial charge in [-0.15, -0.1) is 0 Å². The van der Waals surface area contributed by atoms with Crippen LogP contribution in [0.2, 0.25) is 0 Å². The summed E-state index contributed by atoms with van der Waals surface area (Å²) in [6.07, 6.45) is 0.266. The van der Waals surface area contributed by atoms with Gasteiger partial charge in [0, 0.05) is 17.9 Å². The average Bonchev–Trinajstić information content (AvgIpc) is 2.42. The molecule has 0 spiro atoms. The predicted octanol–water partition coefficient (Wildman–Crippen LogP) is 2.67. The van der Waals surface area contributed by atoms with Gasteiger partial charge < -0.3 is 10.4 Å². The summed E-state index contributed by atoms with van der Waals surface area (Å²) in [6.45, 7) is 3.50. The second kappa shape index (κ2) is 8.67. The molecule has 0 aliphatic rings. The maximum absolute atomic E-state index is 12.7. The van der Waals surface area contributed by atoms with Crippen molar-refractivity contribution in [1.29, 1.82) is 0 Å². The lowest BCUT2D eigenvalue weighted by Gasteiger charge is -2.17. The van der Waals surface area contributed by atoms with Gasteiger partial charge >= 0.3 is 5.97 Å². The highest BCUT2D eigenvalue weighted by Crippen LogP contribution is 2.13.